The Labute approximate surface area is 340 Å². The third-order valence-electron chi connectivity index (χ3n) is 10.1. The van der Waals surface area contributed by atoms with Crippen LogP contribution in [0.3, 0.4) is 0 Å². The van der Waals surface area contributed by atoms with Crippen molar-refractivity contribution in [2.45, 2.75) is 63.1 Å². The molecule has 5 aromatic rings. The van der Waals surface area contributed by atoms with Gasteiger partial charge in [0.25, 0.3) is 5.92 Å². The number of carbonyl (C=O) groups is 2. The van der Waals surface area contributed by atoms with E-state index in [1.54, 1.807) is 19.2 Å². The minimum absolute atomic E-state index is 0.0721. The number of hydrogen-bond acceptors (Lipinski definition) is 9. The van der Waals surface area contributed by atoms with E-state index >= 15 is 8.78 Å². The zero-order valence-electron chi connectivity index (χ0n) is 32.1. The predicted molar refractivity (Wildman–Crippen MR) is 209 cm³/mol. The molecule has 3 atom stereocenters. The van der Waals surface area contributed by atoms with E-state index in [1.165, 1.54) is 30.7 Å². The minimum Gasteiger partial charge on any atom is -0.453 e. The number of nitrogens with zero attached hydrogens (tertiary/aromatic N) is 5. The number of rotatable bonds is 10. The highest BCUT2D eigenvalue weighted by atomic mass is 35.5. The number of amides is 2. The van der Waals surface area contributed by atoms with Crippen molar-refractivity contribution in [3.63, 3.8) is 0 Å². The van der Waals surface area contributed by atoms with Crippen LogP contribution in [-0.2, 0) is 45.5 Å². The van der Waals surface area contributed by atoms with Gasteiger partial charge in [-0.15, -0.1) is 0 Å². The maximum absolute atomic E-state index is 15.9. The summed E-state index contributed by atoms with van der Waals surface area (Å²) in [4.78, 5) is 31.1. The molecule has 59 heavy (non-hydrogen) atoms. The molecule has 3 heterocycles. The third-order valence-corrected chi connectivity index (χ3v) is 11.0. The predicted octanol–water partition coefficient (Wildman–Crippen LogP) is 6.13. The molecule has 2 aliphatic rings. The quantitative estimate of drug-likeness (QED) is 0.0949. The number of benzene rings is 2. The van der Waals surface area contributed by atoms with Crippen molar-refractivity contribution in [2.24, 2.45) is 13.0 Å². The van der Waals surface area contributed by atoms with Gasteiger partial charge in [0.2, 0.25) is 15.9 Å². The molecule has 310 valence electrons. The molecule has 0 aliphatic heterocycles. The third kappa shape index (κ3) is 8.29. The molecule has 1 saturated carbocycles. The lowest BCUT2D eigenvalue weighted by Gasteiger charge is -2.34. The number of aliphatic hydroxyl groups is 1. The van der Waals surface area contributed by atoms with E-state index < -0.39 is 75.3 Å². The summed E-state index contributed by atoms with van der Waals surface area (Å²) >= 11 is 6.61. The average Bonchev–Trinajstić information content (AvgIpc) is 3.66. The van der Waals surface area contributed by atoms with Gasteiger partial charge in [-0.05, 0) is 80.8 Å². The molecule has 3 aromatic heterocycles. The van der Waals surface area contributed by atoms with Crippen LogP contribution in [-0.4, -0.2) is 69.0 Å². The van der Waals surface area contributed by atoms with E-state index in [4.69, 9.17) is 16.6 Å². The molecule has 2 aromatic carbocycles. The van der Waals surface area contributed by atoms with Crippen LogP contribution in [0.4, 0.5) is 34.0 Å². The van der Waals surface area contributed by atoms with E-state index in [-0.39, 0.29) is 57.4 Å². The van der Waals surface area contributed by atoms with Gasteiger partial charge in [0, 0.05) is 35.7 Å². The second-order valence-electron chi connectivity index (χ2n) is 15.0. The highest BCUT2D eigenvalue weighted by Gasteiger charge is 2.62. The normalized spacial score (nSPS) is 17.3. The SMILES string of the molecule is COC(=O)Nc1nn(CC(=O)NC(Cc2cc(F)cc(F)c2)c2nc(C#CC(C)(C)O)ccc2-c2ccc(Cl)c3c(NS(C)(=O)=O)nn(C)c23)c2c1C1CCC1C2(F)F. The van der Waals surface area contributed by atoms with Crippen LogP contribution in [0.2, 0.25) is 5.02 Å². The molecule has 7 rings (SSSR count). The fourth-order valence-electron chi connectivity index (χ4n) is 7.64. The summed E-state index contributed by atoms with van der Waals surface area (Å²) in [6.45, 7) is 2.15. The van der Waals surface area contributed by atoms with E-state index in [9.17, 15) is 31.9 Å². The Morgan fingerprint density at radius 3 is 2.41 bits per heavy atom. The van der Waals surface area contributed by atoms with Gasteiger partial charge in [-0.2, -0.15) is 19.0 Å². The van der Waals surface area contributed by atoms with E-state index in [2.05, 4.69) is 42.1 Å². The number of ether oxygens (including phenoxy) is 1. The van der Waals surface area contributed by atoms with Crippen LogP contribution in [0.15, 0.2) is 42.5 Å². The molecule has 14 nitrogen and oxygen atoms in total. The number of nitrogens with one attached hydrogen (secondary N) is 3. The molecular weight excluding hydrogens is 820 g/mol. The standard InChI is InChI=1S/C39H37ClF4N8O6S/c1-38(2,55)13-12-22-6-7-23(24-9-11-27(40)31-33(24)51(3)48-36(31)50-59(5,56)57)32(45-22)28(16-19-14-20(41)17-21(42)15-19)46-29(53)18-52-34-30(35(49-52)47-37(54)58-4)25-8-10-26(25)39(34,43)44/h6-7,9,11,14-15,17,25-26,28,55H,8,10,16,18H2,1-5H3,(H,46,53)(H,48,50)(H,47,49,54). The van der Waals surface area contributed by atoms with Gasteiger partial charge in [0.1, 0.15) is 35.2 Å². The number of aromatic nitrogens is 5. The van der Waals surface area contributed by atoms with Gasteiger partial charge >= 0.3 is 6.09 Å². The van der Waals surface area contributed by atoms with Crippen LogP contribution in [0, 0.1) is 29.4 Å². The Morgan fingerprint density at radius 1 is 1.08 bits per heavy atom. The number of pyridine rings is 1. The Bertz CT molecular complexity index is 2700. The molecule has 0 saturated heterocycles. The van der Waals surface area contributed by atoms with Crippen molar-refractivity contribution in [3.05, 3.63) is 87.3 Å². The number of fused-ring (bicyclic) bond motifs is 4. The molecule has 4 N–H and O–H groups in total. The van der Waals surface area contributed by atoms with Gasteiger partial charge in [-0.3, -0.25) is 24.2 Å². The number of hydrogen-bond donors (Lipinski definition) is 4. The molecule has 1 fully saturated rings. The number of aryl methyl sites for hydroxylation is 1. The fourth-order valence-corrected chi connectivity index (χ4v) is 8.38. The molecule has 2 amide bonds. The van der Waals surface area contributed by atoms with E-state index in [0.717, 1.165) is 30.2 Å². The second-order valence-corrected chi connectivity index (χ2v) is 17.2. The summed E-state index contributed by atoms with van der Waals surface area (Å²) < 4.78 is 94.9. The summed E-state index contributed by atoms with van der Waals surface area (Å²) in [5, 5.41) is 24.5. The number of sulfonamides is 1. The molecule has 20 heteroatoms. The zero-order chi connectivity index (χ0) is 42.8. The average molecular weight is 857 g/mol. The summed E-state index contributed by atoms with van der Waals surface area (Å²) in [5.41, 5.74) is -0.541. The van der Waals surface area contributed by atoms with Gasteiger partial charge in [-0.25, -0.2) is 27.0 Å². The molecule has 3 unspecified atom stereocenters. The monoisotopic (exact) mass is 856 g/mol. The first-order chi connectivity index (χ1) is 27.6. The van der Waals surface area contributed by atoms with Crippen LogP contribution < -0.4 is 15.4 Å². The Kier molecular flexibility index (Phi) is 10.6. The summed E-state index contributed by atoms with van der Waals surface area (Å²) in [6, 6.07) is 7.78. The molecule has 0 bridgehead atoms. The maximum Gasteiger partial charge on any atom is 0.412 e. The lowest BCUT2D eigenvalue weighted by Crippen LogP contribution is -2.36. The van der Waals surface area contributed by atoms with Gasteiger partial charge in [0.05, 0.1) is 41.0 Å². The van der Waals surface area contributed by atoms with E-state index in [0.29, 0.717) is 29.1 Å². The van der Waals surface area contributed by atoms with Gasteiger partial charge in [-0.1, -0.05) is 23.6 Å². The number of methoxy groups -OCH3 is 1. The van der Waals surface area contributed by atoms with Crippen LogP contribution >= 0.6 is 11.6 Å². The smallest absolute Gasteiger partial charge is 0.412 e. The number of anilines is 2. The molecule has 0 radical (unpaired) electrons. The Morgan fingerprint density at radius 2 is 1.78 bits per heavy atom. The van der Waals surface area contributed by atoms with Crippen molar-refractivity contribution >= 4 is 56.2 Å². The number of alkyl halides is 2. The van der Waals surface area contributed by atoms with Crippen molar-refractivity contribution in [3.8, 4) is 23.0 Å². The van der Waals surface area contributed by atoms with Crippen molar-refractivity contribution in [2.75, 3.05) is 23.4 Å². The van der Waals surface area contributed by atoms with Crippen LogP contribution in [0.5, 0.6) is 0 Å². The fraction of sp³-hybridized carbons (Fsp3) is 0.359. The molecule has 0 spiro atoms. The van der Waals surface area contributed by atoms with Crippen LogP contribution in [0.1, 0.15) is 66.9 Å². The molecular formula is C39H37ClF4N8O6S. The minimum atomic E-state index is -3.82. The number of carbonyl (C=O) groups excluding carboxylic acids is 2. The largest absolute Gasteiger partial charge is 0.453 e. The van der Waals surface area contributed by atoms with Crippen molar-refractivity contribution in [1.82, 2.24) is 29.9 Å². The van der Waals surface area contributed by atoms with Gasteiger partial charge < -0.3 is 15.2 Å². The lowest BCUT2D eigenvalue weighted by molar-refractivity contribution is -0.123. The second kappa shape index (κ2) is 15.1. The summed E-state index contributed by atoms with van der Waals surface area (Å²) in [6.07, 6.45) is 0.366. The highest BCUT2D eigenvalue weighted by molar-refractivity contribution is 7.92. The number of halogens is 5. The first-order valence-corrected chi connectivity index (χ1v) is 20.4. The maximum atomic E-state index is 15.9. The van der Waals surface area contributed by atoms with Crippen molar-refractivity contribution < 1.29 is 45.4 Å². The topological polar surface area (TPSA) is 182 Å². The Hall–Kier alpha value is -5.71. The van der Waals surface area contributed by atoms with Crippen molar-refractivity contribution in [1.29, 1.82) is 0 Å². The zero-order valence-corrected chi connectivity index (χ0v) is 33.7. The first-order valence-electron chi connectivity index (χ1n) is 18.1. The van der Waals surface area contributed by atoms with Gasteiger partial charge in [0.15, 0.2) is 11.6 Å². The first kappa shape index (κ1) is 41.4. The highest BCUT2D eigenvalue weighted by Crippen LogP contribution is 2.63. The molecule has 2 aliphatic carbocycles. The summed E-state index contributed by atoms with van der Waals surface area (Å²) in [7, 11) is -1.16. The van der Waals surface area contributed by atoms with Crippen LogP contribution in [0.25, 0.3) is 22.0 Å². The van der Waals surface area contributed by atoms with E-state index in [1.807, 2.05) is 0 Å². The summed E-state index contributed by atoms with van der Waals surface area (Å²) in [5.74, 6) is -2.46. The lowest BCUT2D eigenvalue weighted by atomic mass is 9.73. The Balaban J connectivity index is 1.38.